The maximum Gasteiger partial charge on any atom is 0.0645 e. The molecular weight excluding hydrogens is 222 g/mol. The SMILES string of the molecule is CCCCNC(C)c1cnn(-c2ccccc2)c1. The number of nitrogens with zero attached hydrogens (tertiary/aromatic N) is 2. The largest absolute Gasteiger partial charge is 0.310 e. The molecule has 0 aliphatic carbocycles. The van der Waals surface area contributed by atoms with E-state index in [4.69, 9.17) is 0 Å². The summed E-state index contributed by atoms with van der Waals surface area (Å²) < 4.78 is 1.92. The van der Waals surface area contributed by atoms with Crippen LogP contribution in [0.3, 0.4) is 0 Å². The maximum absolute atomic E-state index is 4.41. The molecule has 0 amide bonds. The number of benzene rings is 1. The number of rotatable bonds is 6. The molecule has 0 saturated carbocycles. The van der Waals surface area contributed by atoms with Gasteiger partial charge in [-0.25, -0.2) is 4.68 Å². The third kappa shape index (κ3) is 3.20. The first-order valence-electron chi connectivity index (χ1n) is 6.64. The lowest BCUT2D eigenvalue weighted by atomic mass is 10.2. The van der Waals surface area contributed by atoms with Gasteiger partial charge in [-0.05, 0) is 32.0 Å². The molecule has 1 aromatic heterocycles. The van der Waals surface area contributed by atoms with Gasteiger partial charge in [0.25, 0.3) is 0 Å². The van der Waals surface area contributed by atoms with E-state index in [0.717, 1.165) is 12.2 Å². The number of nitrogens with one attached hydrogen (secondary N) is 1. The predicted molar refractivity (Wildman–Crippen MR) is 74.9 cm³/mol. The highest BCUT2D eigenvalue weighted by atomic mass is 15.3. The standard InChI is InChI=1S/C15H21N3/c1-3-4-10-16-13(2)14-11-17-18(12-14)15-8-6-5-7-9-15/h5-9,11-13,16H,3-4,10H2,1-2H3. The zero-order chi connectivity index (χ0) is 12.8. The fraction of sp³-hybridized carbons (Fsp3) is 0.400. The minimum atomic E-state index is 0.356. The summed E-state index contributed by atoms with van der Waals surface area (Å²) in [6, 6.07) is 10.5. The van der Waals surface area contributed by atoms with Crippen LogP contribution in [0.1, 0.15) is 38.3 Å². The van der Waals surface area contributed by atoms with Crippen LogP contribution in [0, 0.1) is 0 Å². The maximum atomic E-state index is 4.41. The number of para-hydroxylation sites is 1. The fourth-order valence-electron chi connectivity index (χ4n) is 1.90. The van der Waals surface area contributed by atoms with Gasteiger partial charge < -0.3 is 5.32 Å². The number of hydrogen-bond donors (Lipinski definition) is 1. The van der Waals surface area contributed by atoms with Crippen LogP contribution >= 0.6 is 0 Å². The van der Waals surface area contributed by atoms with Gasteiger partial charge in [0, 0.05) is 17.8 Å². The molecule has 0 spiro atoms. The Bertz CT molecular complexity index is 462. The van der Waals surface area contributed by atoms with Crippen molar-refractivity contribution in [3.63, 3.8) is 0 Å². The van der Waals surface area contributed by atoms with Crippen LogP contribution in [0.5, 0.6) is 0 Å². The van der Waals surface area contributed by atoms with Gasteiger partial charge in [-0.3, -0.25) is 0 Å². The average molecular weight is 243 g/mol. The summed E-state index contributed by atoms with van der Waals surface area (Å²) in [5, 5.41) is 7.92. The summed E-state index contributed by atoms with van der Waals surface area (Å²) in [6.07, 6.45) is 6.48. The second kappa shape index (κ2) is 6.36. The Morgan fingerprint density at radius 1 is 1.28 bits per heavy atom. The van der Waals surface area contributed by atoms with E-state index in [-0.39, 0.29) is 0 Å². The molecule has 1 atom stereocenters. The van der Waals surface area contributed by atoms with Crippen molar-refractivity contribution in [1.82, 2.24) is 15.1 Å². The highest BCUT2D eigenvalue weighted by Crippen LogP contribution is 2.14. The Morgan fingerprint density at radius 3 is 2.78 bits per heavy atom. The Labute approximate surface area is 109 Å². The molecule has 0 aliphatic rings. The molecule has 0 saturated heterocycles. The van der Waals surface area contributed by atoms with Crippen LogP contribution in [-0.4, -0.2) is 16.3 Å². The first-order valence-corrected chi connectivity index (χ1v) is 6.64. The molecule has 0 aliphatic heterocycles. The van der Waals surface area contributed by atoms with E-state index < -0.39 is 0 Å². The zero-order valence-corrected chi connectivity index (χ0v) is 11.1. The third-order valence-corrected chi connectivity index (χ3v) is 3.10. The Kier molecular flexibility index (Phi) is 4.53. The molecule has 2 aromatic rings. The molecule has 1 unspecified atom stereocenters. The fourth-order valence-corrected chi connectivity index (χ4v) is 1.90. The second-order valence-electron chi connectivity index (χ2n) is 4.58. The lowest BCUT2D eigenvalue weighted by Crippen LogP contribution is -2.19. The van der Waals surface area contributed by atoms with Gasteiger partial charge in [-0.1, -0.05) is 31.5 Å². The zero-order valence-electron chi connectivity index (χ0n) is 11.1. The Balaban J connectivity index is 2.02. The van der Waals surface area contributed by atoms with E-state index in [1.54, 1.807) is 0 Å². The lowest BCUT2D eigenvalue weighted by molar-refractivity contribution is 0.554. The van der Waals surface area contributed by atoms with Crippen molar-refractivity contribution in [1.29, 1.82) is 0 Å². The molecule has 0 bridgehead atoms. The van der Waals surface area contributed by atoms with Crippen LogP contribution in [0.4, 0.5) is 0 Å². The minimum Gasteiger partial charge on any atom is -0.310 e. The molecule has 1 N–H and O–H groups in total. The highest BCUT2D eigenvalue weighted by Gasteiger charge is 2.07. The van der Waals surface area contributed by atoms with Crippen molar-refractivity contribution in [2.45, 2.75) is 32.7 Å². The predicted octanol–water partition coefficient (Wildman–Crippen LogP) is 3.32. The molecule has 18 heavy (non-hydrogen) atoms. The monoisotopic (exact) mass is 243 g/mol. The molecule has 1 aromatic carbocycles. The number of aromatic nitrogens is 2. The summed E-state index contributed by atoms with van der Waals surface area (Å²) in [5.74, 6) is 0. The van der Waals surface area contributed by atoms with Gasteiger partial charge in [-0.2, -0.15) is 5.10 Å². The van der Waals surface area contributed by atoms with Crippen LogP contribution < -0.4 is 5.32 Å². The molecule has 3 nitrogen and oxygen atoms in total. The van der Waals surface area contributed by atoms with Gasteiger partial charge in [0.2, 0.25) is 0 Å². The summed E-state index contributed by atoms with van der Waals surface area (Å²) in [7, 11) is 0. The van der Waals surface area contributed by atoms with Crippen molar-refractivity contribution < 1.29 is 0 Å². The summed E-state index contributed by atoms with van der Waals surface area (Å²) >= 11 is 0. The van der Waals surface area contributed by atoms with Crippen LogP contribution in [-0.2, 0) is 0 Å². The van der Waals surface area contributed by atoms with Crippen LogP contribution in [0.15, 0.2) is 42.7 Å². The second-order valence-corrected chi connectivity index (χ2v) is 4.58. The van der Waals surface area contributed by atoms with Crippen molar-refractivity contribution >= 4 is 0 Å². The van der Waals surface area contributed by atoms with Crippen LogP contribution in [0.25, 0.3) is 5.69 Å². The molecular formula is C15H21N3. The normalized spacial score (nSPS) is 12.6. The molecule has 1 heterocycles. The van der Waals surface area contributed by atoms with Gasteiger partial charge in [0.15, 0.2) is 0 Å². The van der Waals surface area contributed by atoms with E-state index in [1.165, 1.54) is 18.4 Å². The molecule has 96 valence electrons. The van der Waals surface area contributed by atoms with Crippen molar-refractivity contribution in [3.8, 4) is 5.69 Å². The molecule has 2 rings (SSSR count). The summed E-state index contributed by atoms with van der Waals surface area (Å²) in [4.78, 5) is 0. The van der Waals surface area contributed by atoms with E-state index in [1.807, 2.05) is 29.1 Å². The van der Waals surface area contributed by atoms with E-state index in [9.17, 15) is 0 Å². The molecule has 3 heteroatoms. The van der Waals surface area contributed by atoms with Gasteiger partial charge in [-0.15, -0.1) is 0 Å². The quantitative estimate of drug-likeness (QED) is 0.789. The summed E-state index contributed by atoms with van der Waals surface area (Å²) in [5.41, 5.74) is 2.33. The van der Waals surface area contributed by atoms with Crippen molar-refractivity contribution in [2.24, 2.45) is 0 Å². The first-order chi connectivity index (χ1) is 8.81. The smallest absolute Gasteiger partial charge is 0.0645 e. The van der Waals surface area contributed by atoms with Gasteiger partial charge in [0.1, 0.15) is 0 Å². The van der Waals surface area contributed by atoms with Crippen molar-refractivity contribution in [3.05, 3.63) is 48.3 Å². The van der Waals surface area contributed by atoms with Gasteiger partial charge >= 0.3 is 0 Å². The first kappa shape index (κ1) is 12.8. The average Bonchev–Trinajstić information content (AvgIpc) is 2.89. The number of unbranched alkanes of at least 4 members (excludes halogenated alkanes) is 1. The highest BCUT2D eigenvalue weighted by molar-refractivity contribution is 5.31. The van der Waals surface area contributed by atoms with Crippen LogP contribution in [0.2, 0.25) is 0 Å². The minimum absolute atomic E-state index is 0.356. The van der Waals surface area contributed by atoms with Crippen molar-refractivity contribution in [2.75, 3.05) is 6.54 Å². The Hall–Kier alpha value is -1.61. The summed E-state index contributed by atoms with van der Waals surface area (Å²) in [6.45, 7) is 5.45. The molecule has 0 radical (unpaired) electrons. The number of hydrogen-bond acceptors (Lipinski definition) is 2. The molecule has 0 fully saturated rings. The van der Waals surface area contributed by atoms with Gasteiger partial charge in [0.05, 0.1) is 11.9 Å². The topological polar surface area (TPSA) is 29.9 Å². The third-order valence-electron chi connectivity index (χ3n) is 3.10. The Morgan fingerprint density at radius 2 is 2.06 bits per heavy atom. The van der Waals surface area contributed by atoms with E-state index in [0.29, 0.717) is 6.04 Å². The van der Waals surface area contributed by atoms with E-state index >= 15 is 0 Å². The van der Waals surface area contributed by atoms with E-state index in [2.05, 4.69) is 42.6 Å². The lowest BCUT2D eigenvalue weighted by Gasteiger charge is -2.10.